The first-order valence-electron chi connectivity index (χ1n) is 11.8. The molecule has 3 N–H and O–H groups in total. The lowest BCUT2D eigenvalue weighted by atomic mass is 9.87. The number of amides is 2. The summed E-state index contributed by atoms with van der Waals surface area (Å²) in [6, 6.07) is 17.7. The summed E-state index contributed by atoms with van der Waals surface area (Å²) in [4.78, 5) is 25.2. The standard InChI is InChI=1S/C28H33N3O5S/c1-18(2)29-27(33)24-17-23(14-15-25(24)36-6)37(34,35)31-22-9-7-8-21(16-22)30-26(32)19-10-12-20(13-11-19)28(3,4)5/h7-18,31H,1-6H3,(H,29,33)(H,30,32). The van der Waals surface area contributed by atoms with E-state index in [1.807, 2.05) is 12.1 Å². The van der Waals surface area contributed by atoms with Crippen molar-refractivity contribution in [3.8, 4) is 5.75 Å². The number of hydrogen-bond donors (Lipinski definition) is 3. The van der Waals surface area contributed by atoms with Crippen molar-refractivity contribution in [2.45, 2.75) is 51.0 Å². The molecule has 196 valence electrons. The second-order valence-corrected chi connectivity index (χ2v) is 11.6. The third kappa shape index (κ3) is 7.10. The number of carbonyl (C=O) groups is 2. The van der Waals surface area contributed by atoms with Crippen molar-refractivity contribution in [2.24, 2.45) is 0 Å². The predicted octanol–water partition coefficient (Wildman–Crippen LogP) is 5.18. The summed E-state index contributed by atoms with van der Waals surface area (Å²) >= 11 is 0. The average Bonchev–Trinajstić information content (AvgIpc) is 2.82. The van der Waals surface area contributed by atoms with Gasteiger partial charge in [0.2, 0.25) is 0 Å². The van der Waals surface area contributed by atoms with Crippen LogP contribution in [0.15, 0.2) is 71.6 Å². The van der Waals surface area contributed by atoms with E-state index in [9.17, 15) is 18.0 Å². The fourth-order valence-corrected chi connectivity index (χ4v) is 4.65. The Hall–Kier alpha value is -3.85. The molecule has 0 atom stereocenters. The van der Waals surface area contributed by atoms with Gasteiger partial charge in [0.25, 0.3) is 21.8 Å². The van der Waals surface area contributed by atoms with Gasteiger partial charge >= 0.3 is 0 Å². The molecule has 0 aliphatic rings. The van der Waals surface area contributed by atoms with Crippen LogP contribution in [0.2, 0.25) is 0 Å². The second kappa shape index (κ2) is 11.0. The molecule has 0 radical (unpaired) electrons. The highest BCUT2D eigenvalue weighted by atomic mass is 32.2. The van der Waals surface area contributed by atoms with Crippen LogP contribution < -0.4 is 20.1 Å². The quantitative estimate of drug-likeness (QED) is 0.376. The van der Waals surface area contributed by atoms with Gasteiger partial charge in [-0.25, -0.2) is 8.42 Å². The van der Waals surface area contributed by atoms with Gasteiger partial charge in [0.15, 0.2) is 0 Å². The Balaban J connectivity index is 1.79. The van der Waals surface area contributed by atoms with Crippen molar-refractivity contribution in [2.75, 3.05) is 17.1 Å². The highest BCUT2D eigenvalue weighted by Crippen LogP contribution is 2.26. The molecule has 0 saturated carbocycles. The van der Waals surface area contributed by atoms with Crippen molar-refractivity contribution < 1.29 is 22.7 Å². The summed E-state index contributed by atoms with van der Waals surface area (Å²) in [5.74, 6) is -0.488. The molecule has 0 heterocycles. The summed E-state index contributed by atoms with van der Waals surface area (Å²) < 4.78 is 33.9. The van der Waals surface area contributed by atoms with E-state index in [-0.39, 0.29) is 39.3 Å². The number of anilines is 2. The van der Waals surface area contributed by atoms with Gasteiger partial charge in [0, 0.05) is 17.3 Å². The maximum absolute atomic E-state index is 13.1. The summed E-state index contributed by atoms with van der Waals surface area (Å²) in [5.41, 5.74) is 2.37. The Labute approximate surface area is 218 Å². The molecule has 9 heteroatoms. The van der Waals surface area contributed by atoms with E-state index in [2.05, 4.69) is 36.1 Å². The molecule has 0 saturated heterocycles. The van der Waals surface area contributed by atoms with Gasteiger partial charge < -0.3 is 15.4 Å². The summed E-state index contributed by atoms with van der Waals surface area (Å²) in [5, 5.41) is 5.53. The zero-order valence-electron chi connectivity index (χ0n) is 21.9. The van der Waals surface area contributed by atoms with Gasteiger partial charge in [-0.05, 0) is 73.4 Å². The largest absolute Gasteiger partial charge is 0.496 e. The number of carbonyl (C=O) groups excluding carboxylic acids is 2. The molecule has 0 spiro atoms. The van der Waals surface area contributed by atoms with E-state index in [0.717, 1.165) is 5.56 Å². The number of benzene rings is 3. The van der Waals surface area contributed by atoms with Crippen LogP contribution in [0, 0.1) is 0 Å². The highest BCUT2D eigenvalue weighted by Gasteiger charge is 2.21. The summed E-state index contributed by atoms with van der Waals surface area (Å²) in [6.07, 6.45) is 0. The third-order valence-corrected chi connectivity index (χ3v) is 6.91. The Bertz CT molecular complexity index is 1390. The number of hydrogen-bond acceptors (Lipinski definition) is 5. The third-order valence-electron chi connectivity index (χ3n) is 5.53. The molecule has 0 unspecified atom stereocenters. The van der Waals surface area contributed by atoms with Gasteiger partial charge in [0.05, 0.1) is 23.3 Å². The Morgan fingerprint density at radius 2 is 1.51 bits per heavy atom. The lowest BCUT2D eigenvalue weighted by Gasteiger charge is -2.19. The first-order chi connectivity index (χ1) is 17.3. The zero-order valence-corrected chi connectivity index (χ0v) is 22.7. The van der Waals surface area contributed by atoms with Gasteiger partial charge in [-0.15, -0.1) is 0 Å². The van der Waals surface area contributed by atoms with Crippen molar-refractivity contribution in [1.82, 2.24) is 5.32 Å². The Morgan fingerprint density at radius 3 is 2.11 bits per heavy atom. The molecule has 0 aliphatic heterocycles. The van der Waals surface area contributed by atoms with Gasteiger partial charge in [-0.1, -0.05) is 39.0 Å². The lowest BCUT2D eigenvalue weighted by molar-refractivity contribution is 0.0939. The van der Waals surface area contributed by atoms with E-state index in [1.54, 1.807) is 44.2 Å². The zero-order chi connectivity index (χ0) is 27.4. The van der Waals surface area contributed by atoms with E-state index in [4.69, 9.17) is 4.74 Å². The maximum Gasteiger partial charge on any atom is 0.261 e. The minimum atomic E-state index is -4.04. The van der Waals surface area contributed by atoms with E-state index < -0.39 is 15.9 Å². The lowest BCUT2D eigenvalue weighted by Crippen LogP contribution is -2.30. The van der Waals surface area contributed by atoms with Crippen molar-refractivity contribution in [1.29, 1.82) is 0 Å². The topological polar surface area (TPSA) is 114 Å². The van der Waals surface area contributed by atoms with Gasteiger partial charge in [-0.3, -0.25) is 14.3 Å². The van der Waals surface area contributed by atoms with Crippen LogP contribution >= 0.6 is 0 Å². The van der Waals surface area contributed by atoms with Crippen LogP contribution in [0.4, 0.5) is 11.4 Å². The fraction of sp³-hybridized carbons (Fsp3) is 0.286. The molecule has 3 rings (SSSR count). The average molecular weight is 524 g/mol. The van der Waals surface area contributed by atoms with E-state index in [1.165, 1.54) is 31.4 Å². The monoisotopic (exact) mass is 523 g/mol. The molecule has 3 aromatic carbocycles. The van der Waals surface area contributed by atoms with Gasteiger partial charge in [-0.2, -0.15) is 0 Å². The van der Waals surface area contributed by atoms with E-state index >= 15 is 0 Å². The molecule has 0 aromatic heterocycles. The maximum atomic E-state index is 13.1. The van der Waals surface area contributed by atoms with Crippen LogP contribution in [-0.4, -0.2) is 33.4 Å². The number of rotatable bonds is 8. The number of methoxy groups -OCH3 is 1. The van der Waals surface area contributed by atoms with Crippen molar-refractivity contribution in [3.63, 3.8) is 0 Å². The van der Waals surface area contributed by atoms with Crippen LogP contribution in [0.25, 0.3) is 0 Å². The van der Waals surface area contributed by atoms with E-state index in [0.29, 0.717) is 11.3 Å². The van der Waals surface area contributed by atoms with Gasteiger partial charge in [0.1, 0.15) is 5.75 Å². The van der Waals surface area contributed by atoms with Crippen LogP contribution in [0.3, 0.4) is 0 Å². The molecular formula is C28H33N3O5S. The Kier molecular flexibility index (Phi) is 8.28. The molecule has 2 amide bonds. The first-order valence-corrected chi connectivity index (χ1v) is 13.3. The second-order valence-electron chi connectivity index (χ2n) is 9.96. The smallest absolute Gasteiger partial charge is 0.261 e. The predicted molar refractivity (Wildman–Crippen MR) is 146 cm³/mol. The molecule has 3 aromatic rings. The molecular weight excluding hydrogens is 490 g/mol. The first kappa shape index (κ1) is 27.7. The summed E-state index contributed by atoms with van der Waals surface area (Å²) in [6.45, 7) is 9.91. The summed E-state index contributed by atoms with van der Waals surface area (Å²) in [7, 11) is -2.63. The van der Waals surface area contributed by atoms with Crippen molar-refractivity contribution >= 4 is 33.2 Å². The van der Waals surface area contributed by atoms with Crippen LogP contribution in [0.1, 0.15) is 60.9 Å². The number of sulfonamides is 1. The molecule has 37 heavy (non-hydrogen) atoms. The Morgan fingerprint density at radius 1 is 0.865 bits per heavy atom. The number of ether oxygens (including phenoxy) is 1. The van der Waals surface area contributed by atoms with Crippen LogP contribution in [-0.2, 0) is 15.4 Å². The minimum absolute atomic E-state index is 0.0244. The highest BCUT2D eigenvalue weighted by molar-refractivity contribution is 7.92. The minimum Gasteiger partial charge on any atom is -0.496 e. The fourth-order valence-electron chi connectivity index (χ4n) is 3.57. The molecule has 0 bridgehead atoms. The molecule has 8 nitrogen and oxygen atoms in total. The molecule has 0 aliphatic carbocycles. The van der Waals surface area contributed by atoms with Crippen molar-refractivity contribution in [3.05, 3.63) is 83.4 Å². The molecule has 0 fully saturated rings. The van der Waals surface area contributed by atoms with Crippen LogP contribution in [0.5, 0.6) is 5.75 Å². The SMILES string of the molecule is COc1ccc(S(=O)(=O)Nc2cccc(NC(=O)c3ccc(C(C)(C)C)cc3)c2)cc1C(=O)NC(C)C. The normalized spacial score (nSPS) is 11.6. The number of nitrogens with one attached hydrogen (secondary N) is 3.